The number of anilines is 1. The summed E-state index contributed by atoms with van der Waals surface area (Å²) in [6.07, 6.45) is 0. The summed E-state index contributed by atoms with van der Waals surface area (Å²) < 4.78 is 26.0. The molecular weight excluding hydrogens is 468 g/mol. The van der Waals surface area contributed by atoms with Crippen molar-refractivity contribution in [3.63, 3.8) is 0 Å². The summed E-state index contributed by atoms with van der Waals surface area (Å²) >= 11 is 8.79. The zero-order valence-electron chi connectivity index (χ0n) is 15.3. The Bertz CT molecular complexity index is 1160. The molecule has 3 rings (SSSR count). The first-order valence-corrected chi connectivity index (χ1v) is 12.3. The lowest BCUT2D eigenvalue weighted by Gasteiger charge is -2.08. The third-order valence-corrected chi connectivity index (χ3v) is 8.09. The summed E-state index contributed by atoms with van der Waals surface area (Å²) in [5.41, 5.74) is 0.287. The van der Waals surface area contributed by atoms with Gasteiger partial charge in [0, 0.05) is 28.5 Å². The highest BCUT2D eigenvalue weighted by molar-refractivity contribution is 7.99. The second-order valence-electron chi connectivity index (χ2n) is 6.03. The van der Waals surface area contributed by atoms with E-state index in [0.29, 0.717) is 15.8 Å². The molecule has 0 atom stereocenters. The van der Waals surface area contributed by atoms with Crippen LogP contribution in [0.1, 0.15) is 4.88 Å². The molecule has 1 N–H and O–H groups in total. The third-order valence-electron chi connectivity index (χ3n) is 3.91. The number of nitrogens with zero attached hydrogens (tertiary/aromatic N) is 1. The molecule has 3 aromatic rings. The normalized spacial score (nSPS) is 11.2. The van der Waals surface area contributed by atoms with Gasteiger partial charge in [-0.3, -0.25) is 14.9 Å². The number of non-ortho nitro benzene ring substituents is 1. The standard InChI is InChI=1S/C19H15ClN2O5S3/c20-18-10-5-15(29-18)11-28-12-19(23)21-13-1-6-16(7-2-13)30(26,27)17-8-3-14(4-9-17)22(24)25/h1-10H,11-12H2,(H,21,23). The molecule has 0 unspecified atom stereocenters. The van der Waals surface area contributed by atoms with E-state index in [1.165, 1.54) is 59.5 Å². The molecular formula is C19H15ClN2O5S3. The van der Waals surface area contributed by atoms with Crippen LogP contribution in [0.2, 0.25) is 4.34 Å². The van der Waals surface area contributed by atoms with Gasteiger partial charge in [0.1, 0.15) is 0 Å². The number of rotatable bonds is 8. The van der Waals surface area contributed by atoms with Crippen LogP contribution in [0, 0.1) is 10.1 Å². The summed E-state index contributed by atoms with van der Waals surface area (Å²) in [4.78, 5) is 23.2. The van der Waals surface area contributed by atoms with Gasteiger partial charge < -0.3 is 5.32 Å². The number of hydrogen-bond donors (Lipinski definition) is 1. The zero-order valence-corrected chi connectivity index (χ0v) is 18.5. The lowest BCUT2D eigenvalue weighted by atomic mass is 10.3. The minimum Gasteiger partial charge on any atom is -0.325 e. The molecule has 30 heavy (non-hydrogen) atoms. The molecule has 7 nitrogen and oxygen atoms in total. The van der Waals surface area contributed by atoms with E-state index in [1.807, 2.05) is 12.1 Å². The lowest BCUT2D eigenvalue weighted by molar-refractivity contribution is -0.384. The van der Waals surface area contributed by atoms with Crippen molar-refractivity contribution in [3.05, 3.63) is 80.0 Å². The number of nitro groups is 1. The van der Waals surface area contributed by atoms with Crippen LogP contribution < -0.4 is 5.32 Å². The fourth-order valence-corrected chi connectivity index (χ4v) is 5.76. The van der Waals surface area contributed by atoms with Crippen LogP contribution in [-0.4, -0.2) is 25.0 Å². The highest BCUT2D eigenvalue weighted by Crippen LogP contribution is 2.26. The van der Waals surface area contributed by atoms with E-state index in [9.17, 15) is 23.3 Å². The van der Waals surface area contributed by atoms with Crippen molar-refractivity contribution in [2.24, 2.45) is 0 Å². The Balaban J connectivity index is 1.59. The maximum Gasteiger partial charge on any atom is 0.269 e. The molecule has 0 fully saturated rings. The SMILES string of the molecule is O=C(CSCc1ccc(Cl)s1)Nc1ccc(S(=O)(=O)c2ccc([N+](=O)[O-])cc2)cc1. The summed E-state index contributed by atoms with van der Waals surface area (Å²) in [6, 6.07) is 14.2. The fourth-order valence-electron chi connectivity index (χ4n) is 2.47. The van der Waals surface area contributed by atoms with Gasteiger partial charge >= 0.3 is 0 Å². The number of benzene rings is 2. The van der Waals surface area contributed by atoms with Crippen LogP contribution >= 0.6 is 34.7 Å². The number of halogens is 1. The van der Waals surface area contributed by atoms with Gasteiger partial charge in [-0.25, -0.2) is 8.42 Å². The average Bonchev–Trinajstić information content (AvgIpc) is 3.13. The van der Waals surface area contributed by atoms with Crippen molar-refractivity contribution in [2.45, 2.75) is 15.5 Å². The number of carbonyl (C=O) groups excluding carboxylic acids is 1. The molecule has 0 radical (unpaired) electrons. The maximum absolute atomic E-state index is 12.7. The molecule has 1 aromatic heterocycles. The van der Waals surface area contributed by atoms with Gasteiger partial charge in [-0.1, -0.05) is 11.6 Å². The van der Waals surface area contributed by atoms with Crippen molar-refractivity contribution in [1.29, 1.82) is 0 Å². The van der Waals surface area contributed by atoms with E-state index in [1.54, 1.807) is 0 Å². The van der Waals surface area contributed by atoms with Gasteiger partial charge in [-0.2, -0.15) is 0 Å². The van der Waals surface area contributed by atoms with Gasteiger partial charge in [0.15, 0.2) is 0 Å². The maximum atomic E-state index is 12.7. The van der Waals surface area contributed by atoms with E-state index >= 15 is 0 Å². The Labute approximate surface area is 186 Å². The number of thioether (sulfide) groups is 1. The Morgan fingerprint density at radius 1 is 1.03 bits per heavy atom. The van der Waals surface area contributed by atoms with E-state index in [-0.39, 0.29) is 27.1 Å². The van der Waals surface area contributed by atoms with Gasteiger partial charge in [0.05, 0.1) is 24.8 Å². The quantitative estimate of drug-likeness (QED) is 0.357. The third kappa shape index (κ3) is 5.60. The zero-order chi connectivity index (χ0) is 21.7. The van der Waals surface area contributed by atoms with Gasteiger partial charge in [0.2, 0.25) is 15.7 Å². The smallest absolute Gasteiger partial charge is 0.269 e. The summed E-state index contributed by atoms with van der Waals surface area (Å²) in [7, 11) is -3.82. The number of sulfone groups is 1. The van der Waals surface area contributed by atoms with Crippen LogP contribution in [-0.2, 0) is 20.4 Å². The second kappa shape index (κ2) is 9.61. The van der Waals surface area contributed by atoms with Crippen molar-refractivity contribution >= 4 is 61.8 Å². The van der Waals surface area contributed by atoms with Crippen LogP contribution in [0.25, 0.3) is 0 Å². The summed E-state index contributed by atoms with van der Waals surface area (Å²) in [5, 5.41) is 13.4. The molecule has 0 aliphatic rings. The first-order chi connectivity index (χ1) is 14.3. The van der Waals surface area contributed by atoms with Crippen molar-refractivity contribution in [1.82, 2.24) is 0 Å². The minimum absolute atomic E-state index is 0.0262. The molecule has 0 saturated carbocycles. The Kier molecular flexibility index (Phi) is 7.14. The largest absolute Gasteiger partial charge is 0.325 e. The van der Waals surface area contributed by atoms with E-state index in [0.717, 1.165) is 17.0 Å². The van der Waals surface area contributed by atoms with E-state index in [2.05, 4.69) is 5.32 Å². The number of nitro benzene ring substituents is 1. The molecule has 0 saturated heterocycles. The van der Waals surface area contributed by atoms with Gasteiger partial charge in [0.25, 0.3) is 5.69 Å². The predicted octanol–water partition coefficient (Wildman–Crippen LogP) is 5.01. The molecule has 1 heterocycles. The van der Waals surface area contributed by atoms with Crippen LogP contribution in [0.4, 0.5) is 11.4 Å². The van der Waals surface area contributed by atoms with Crippen molar-refractivity contribution < 1.29 is 18.1 Å². The summed E-state index contributed by atoms with van der Waals surface area (Å²) in [5.74, 6) is 0.726. The summed E-state index contributed by atoms with van der Waals surface area (Å²) in [6.45, 7) is 0. The number of thiophene rings is 1. The molecule has 0 spiro atoms. The predicted molar refractivity (Wildman–Crippen MR) is 119 cm³/mol. The van der Waals surface area contributed by atoms with Crippen LogP contribution in [0.3, 0.4) is 0 Å². The second-order valence-corrected chi connectivity index (χ2v) is 10.8. The highest BCUT2D eigenvalue weighted by atomic mass is 35.5. The Morgan fingerprint density at radius 2 is 1.63 bits per heavy atom. The topological polar surface area (TPSA) is 106 Å². The van der Waals surface area contributed by atoms with Crippen LogP contribution in [0.5, 0.6) is 0 Å². The van der Waals surface area contributed by atoms with Crippen LogP contribution in [0.15, 0.2) is 70.5 Å². The van der Waals surface area contributed by atoms with Gasteiger partial charge in [-0.15, -0.1) is 23.1 Å². The Morgan fingerprint density at radius 3 is 2.17 bits per heavy atom. The monoisotopic (exact) mass is 482 g/mol. The molecule has 0 aliphatic heterocycles. The van der Waals surface area contributed by atoms with E-state index < -0.39 is 14.8 Å². The molecule has 1 amide bonds. The molecule has 11 heteroatoms. The highest BCUT2D eigenvalue weighted by Gasteiger charge is 2.19. The number of hydrogen-bond acceptors (Lipinski definition) is 7. The van der Waals surface area contributed by atoms with Gasteiger partial charge in [-0.05, 0) is 48.5 Å². The van der Waals surface area contributed by atoms with Crippen molar-refractivity contribution in [3.8, 4) is 0 Å². The van der Waals surface area contributed by atoms with Crippen molar-refractivity contribution in [2.75, 3.05) is 11.1 Å². The molecule has 2 aromatic carbocycles. The first-order valence-electron chi connectivity index (χ1n) is 8.47. The number of amides is 1. The Hall–Kier alpha value is -2.40. The molecule has 156 valence electrons. The average molecular weight is 483 g/mol. The molecule has 0 bridgehead atoms. The first kappa shape index (κ1) is 22.3. The number of carbonyl (C=O) groups is 1. The number of nitrogens with one attached hydrogen (secondary N) is 1. The fraction of sp³-hybridized carbons (Fsp3) is 0.105. The molecule has 0 aliphatic carbocycles. The lowest BCUT2D eigenvalue weighted by Crippen LogP contribution is -2.14. The van der Waals surface area contributed by atoms with E-state index in [4.69, 9.17) is 11.6 Å². The minimum atomic E-state index is -3.82.